The van der Waals surface area contributed by atoms with Gasteiger partial charge in [-0.15, -0.1) is 0 Å². The Morgan fingerprint density at radius 1 is 1.17 bits per heavy atom. The molecule has 0 aromatic carbocycles. The van der Waals surface area contributed by atoms with Crippen LogP contribution in [0.5, 0.6) is 0 Å². The SMILES string of the molecule is [3H]O[C@H]1OC(CO)C(O)[C@H](O)C1O. The van der Waals surface area contributed by atoms with Gasteiger partial charge in [0, 0.05) is 0 Å². The molecule has 6 nitrogen and oxygen atoms in total. The number of aliphatic hydroxyl groups is 5. The summed E-state index contributed by atoms with van der Waals surface area (Å²) in [5.41, 5.74) is 0. The van der Waals surface area contributed by atoms with Crippen molar-refractivity contribution < 1.29 is 30.3 Å². The Kier molecular flexibility index (Phi) is 2.54. The third-order valence-electron chi connectivity index (χ3n) is 1.85. The standard InChI is InChI=1S/C6H12O6/c7-1-2-3(8)4(9)5(10)6(11)12-2/h2-11H,1H2/t2?,3?,4-,5?,6-/m0/s1/i11T. The lowest BCUT2D eigenvalue weighted by Crippen LogP contribution is -2.58. The molecule has 1 aliphatic heterocycles. The molecule has 3 unspecified atom stereocenters. The van der Waals surface area contributed by atoms with Crippen molar-refractivity contribution in [3.05, 3.63) is 0 Å². The fourth-order valence-corrected chi connectivity index (χ4v) is 1.07. The maximum absolute atomic E-state index is 9.21. The molecule has 5 atom stereocenters. The van der Waals surface area contributed by atoms with Crippen LogP contribution < -0.4 is 0 Å². The molecule has 72 valence electrons. The van der Waals surface area contributed by atoms with Crippen molar-refractivity contribution in [3.63, 3.8) is 0 Å². The summed E-state index contributed by atoms with van der Waals surface area (Å²) < 4.78 is 11.2. The molecule has 0 radical (unpaired) electrons. The largest absolute Gasteiger partial charge is 0.394 e. The van der Waals surface area contributed by atoms with Gasteiger partial charge in [-0.3, -0.25) is 0 Å². The Labute approximate surface area is 70.1 Å². The molecule has 0 aromatic rings. The molecule has 0 bridgehead atoms. The molecule has 1 saturated heterocycles. The molecule has 1 heterocycles. The minimum absolute atomic E-state index is 0.523. The molecule has 0 saturated carbocycles. The summed E-state index contributed by atoms with van der Waals surface area (Å²) >= 11 is 0. The van der Waals surface area contributed by atoms with E-state index in [1.807, 2.05) is 0 Å². The first-order valence-corrected chi connectivity index (χ1v) is 3.54. The molecular weight excluding hydrogens is 168 g/mol. The molecule has 1 rings (SSSR count). The second-order valence-corrected chi connectivity index (χ2v) is 2.70. The van der Waals surface area contributed by atoms with Crippen LogP contribution in [0.15, 0.2) is 0 Å². The van der Waals surface area contributed by atoms with Crippen LogP contribution in [0.2, 0.25) is 0 Å². The first kappa shape index (κ1) is 8.36. The summed E-state index contributed by atoms with van der Waals surface area (Å²) in [6.07, 6.45) is -6.76. The van der Waals surface area contributed by atoms with Gasteiger partial charge in [0.25, 0.3) is 0 Å². The van der Waals surface area contributed by atoms with Crippen molar-refractivity contribution in [3.8, 4) is 0 Å². The second-order valence-electron chi connectivity index (χ2n) is 2.70. The zero-order chi connectivity index (χ0) is 10.0. The molecule has 0 amide bonds. The predicted octanol–water partition coefficient (Wildman–Crippen LogP) is -3.22. The van der Waals surface area contributed by atoms with Crippen molar-refractivity contribution in [2.75, 3.05) is 6.61 Å². The van der Waals surface area contributed by atoms with E-state index in [1.54, 1.807) is 0 Å². The van der Waals surface area contributed by atoms with E-state index in [0.717, 1.165) is 0 Å². The van der Waals surface area contributed by atoms with E-state index in [0.29, 0.717) is 0 Å². The minimum atomic E-state index is -1.49. The monoisotopic (exact) mass is 182 g/mol. The fourth-order valence-electron chi connectivity index (χ4n) is 1.07. The Morgan fingerprint density at radius 2 is 1.83 bits per heavy atom. The third kappa shape index (κ3) is 1.58. The number of hydrogen-bond donors (Lipinski definition) is 5. The van der Waals surface area contributed by atoms with Crippen LogP contribution in [0, 0.1) is 0 Å². The smallest absolute Gasteiger partial charge is 0.213 e. The summed E-state index contributed by atoms with van der Waals surface area (Å²) in [6.45, 7) is -0.523. The maximum Gasteiger partial charge on any atom is 0.213 e. The van der Waals surface area contributed by atoms with Gasteiger partial charge in [0.15, 0.2) is 6.29 Å². The van der Waals surface area contributed by atoms with Gasteiger partial charge in [0.2, 0.25) is 1.43 Å². The van der Waals surface area contributed by atoms with Crippen LogP contribution >= 0.6 is 0 Å². The molecule has 12 heavy (non-hydrogen) atoms. The van der Waals surface area contributed by atoms with Gasteiger partial charge in [-0.1, -0.05) is 0 Å². The van der Waals surface area contributed by atoms with Gasteiger partial charge in [-0.2, -0.15) is 0 Å². The summed E-state index contributed by atoms with van der Waals surface area (Å²) in [5.74, 6) is 0. The quantitative estimate of drug-likeness (QED) is 0.307. The van der Waals surface area contributed by atoms with E-state index in [9.17, 15) is 10.2 Å². The van der Waals surface area contributed by atoms with Gasteiger partial charge in [-0.05, 0) is 0 Å². The highest BCUT2D eigenvalue weighted by molar-refractivity contribution is 4.87. The zero-order valence-electron chi connectivity index (χ0n) is 7.20. The molecule has 5 N–H and O–H groups in total. The topological polar surface area (TPSA) is 110 Å². The average molecular weight is 182 g/mol. The van der Waals surface area contributed by atoms with E-state index in [2.05, 4.69) is 5.11 Å². The summed E-state index contributed by atoms with van der Waals surface area (Å²) in [5, 5.41) is 40.2. The Balaban J connectivity index is 2.66. The first-order valence-electron chi connectivity index (χ1n) is 3.95. The molecule has 1 aliphatic rings. The van der Waals surface area contributed by atoms with Gasteiger partial charge >= 0.3 is 0 Å². The van der Waals surface area contributed by atoms with E-state index in [4.69, 9.17) is 16.4 Å². The van der Waals surface area contributed by atoms with E-state index >= 15 is 0 Å². The lowest BCUT2D eigenvalue weighted by atomic mass is 10.00. The highest BCUT2D eigenvalue weighted by atomic mass is 16.6. The lowest BCUT2D eigenvalue weighted by molar-refractivity contribution is -0.286. The van der Waals surface area contributed by atoms with Crippen molar-refractivity contribution in [2.24, 2.45) is 0 Å². The van der Waals surface area contributed by atoms with Crippen LogP contribution in [0.3, 0.4) is 0 Å². The molecule has 0 spiro atoms. The normalized spacial score (nSPS) is 50.3. The maximum atomic E-state index is 9.21. The van der Waals surface area contributed by atoms with Crippen LogP contribution in [0.25, 0.3) is 0 Å². The van der Waals surface area contributed by atoms with Crippen LogP contribution in [0.4, 0.5) is 0 Å². The van der Waals surface area contributed by atoms with Crippen molar-refractivity contribution in [1.82, 2.24) is 0 Å². The Bertz CT molecular complexity index is 147. The van der Waals surface area contributed by atoms with Crippen LogP contribution in [0.1, 0.15) is 0 Å². The predicted molar refractivity (Wildman–Crippen MR) is 36.0 cm³/mol. The molecular formula is C6H12O6. The number of rotatable bonds is 2. The van der Waals surface area contributed by atoms with Crippen molar-refractivity contribution in [1.29, 1.82) is 1.43 Å². The van der Waals surface area contributed by atoms with Crippen molar-refractivity contribution in [2.45, 2.75) is 30.7 Å². The average Bonchev–Trinajstić information content (AvgIpc) is 2.15. The first-order chi connectivity index (χ1) is 6.11. The second kappa shape index (κ2) is 3.65. The number of hydrogen-bond acceptors (Lipinski definition) is 6. The molecule has 6 heteroatoms. The zero-order valence-corrected chi connectivity index (χ0v) is 6.20. The number of ether oxygens (including phenoxy) is 1. The number of aliphatic hydroxyl groups excluding tert-OH is 5. The van der Waals surface area contributed by atoms with Crippen LogP contribution in [-0.2, 0) is 4.74 Å². The Morgan fingerprint density at radius 3 is 2.33 bits per heavy atom. The third-order valence-corrected chi connectivity index (χ3v) is 1.85. The highest BCUT2D eigenvalue weighted by Gasteiger charge is 2.42. The summed E-state index contributed by atoms with van der Waals surface area (Å²) in [6, 6.07) is 0. The van der Waals surface area contributed by atoms with E-state index < -0.39 is 37.3 Å². The Hall–Kier alpha value is -0.240. The van der Waals surface area contributed by atoms with Gasteiger partial charge in [0.05, 0.1) is 6.61 Å². The summed E-state index contributed by atoms with van der Waals surface area (Å²) in [7, 11) is 0. The highest BCUT2D eigenvalue weighted by Crippen LogP contribution is 2.18. The fraction of sp³-hybridized carbons (Fsp3) is 1.00. The van der Waals surface area contributed by atoms with Gasteiger partial charge in [-0.25, -0.2) is 0 Å². The van der Waals surface area contributed by atoms with E-state index in [-0.39, 0.29) is 0 Å². The van der Waals surface area contributed by atoms with Crippen molar-refractivity contribution >= 4 is 0 Å². The van der Waals surface area contributed by atoms with E-state index in [1.165, 1.54) is 0 Å². The minimum Gasteiger partial charge on any atom is -0.394 e. The molecule has 0 aromatic heterocycles. The lowest BCUT2D eigenvalue weighted by Gasteiger charge is -2.37. The van der Waals surface area contributed by atoms with Crippen LogP contribution in [-0.4, -0.2) is 64.3 Å². The summed E-state index contributed by atoms with van der Waals surface area (Å²) in [4.78, 5) is 0. The van der Waals surface area contributed by atoms with Gasteiger partial charge < -0.3 is 30.3 Å². The molecule has 1 fully saturated rings. The molecule has 0 aliphatic carbocycles. The van der Waals surface area contributed by atoms with Gasteiger partial charge in [0.1, 0.15) is 24.4 Å².